The number of nitrogens with zero attached hydrogens (tertiary/aromatic N) is 1. The normalized spacial score (nSPS) is 10.0. The summed E-state index contributed by atoms with van der Waals surface area (Å²) in [6.45, 7) is 5.10. The largest absolute Gasteiger partial charge is 0.445 e. The lowest BCUT2D eigenvalue weighted by atomic mass is 10.1. The van der Waals surface area contributed by atoms with E-state index in [0.717, 1.165) is 12.0 Å². The summed E-state index contributed by atoms with van der Waals surface area (Å²) in [7, 11) is 0. The van der Waals surface area contributed by atoms with Crippen LogP contribution in [-0.2, 0) is 17.8 Å². The Morgan fingerprint density at radius 3 is 2.18 bits per heavy atom. The van der Waals surface area contributed by atoms with Gasteiger partial charge in [0.2, 0.25) is 0 Å². The minimum Gasteiger partial charge on any atom is -0.445 e. The van der Waals surface area contributed by atoms with Crippen molar-refractivity contribution in [3.8, 4) is 0 Å². The molecule has 2 aromatic rings. The molecule has 0 saturated heterocycles. The molecular weight excluding hydrogens is 274 g/mol. The fourth-order valence-electron chi connectivity index (χ4n) is 2.13. The lowest BCUT2D eigenvalue weighted by Gasteiger charge is -2.20. The van der Waals surface area contributed by atoms with E-state index in [1.807, 2.05) is 48.5 Å². The molecule has 0 spiro atoms. The molecule has 0 bridgehead atoms. The van der Waals surface area contributed by atoms with Gasteiger partial charge in [-0.1, -0.05) is 66.7 Å². The first-order chi connectivity index (χ1) is 10.8. The lowest BCUT2D eigenvalue weighted by Crippen LogP contribution is -2.33. The second-order valence-electron chi connectivity index (χ2n) is 5.01. The third-order valence-corrected chi connectivity index (χ3v) is 3.33. The van der Waals surface area contributed by atoms with Crippen molar-refractivity contribution in [2.45, 2.75) is 13.0 Å². The third kappa shape index (κ3) is 5.09. The van der Waals surface area contributed by atoms with Crippen molar-refractivity contribution < 1.29 is 9.53 Å². The van der Waals surface area contributed by atoms with E-state index in [2.05, 4.69) is 18.7 Å². The highest BCUT2D eigenvalue weighted by Crippen LogP contribution is 2.06. The van der Waals surface area contributed by atoms with Gasteiger partial charge in [-0.15, -0.1) is 6.58 Å². The van der Waals surface area contributed by atoms with Crippen LogP contribution in [0.2, 0.25) is 0 Å². The summed E-state index contributed by atoms with van der Waals surface area (Å²) in [5.41, 5.74) is 2.19. The molecule has 0 atom stereocenters. The molecule has 0 aliphatic rings. The Labute approximate surface area is 131 Å². The number of ether oxygens (including phenoxy) is 1. The zero-order valence-electron chi connectivity index (χ0n) is 12.7. The summed E-state index contributed by atoms with van der Waals surface area (Å²) in [6.07, 6.45) is 2.21. The van der Waals surface area contributed by atoms with E-state index < -0.39 is 0 Å². The molecule has 114 valence electrons. The molecule has 0 aliphatic heterocycles. The Balaban J connectivity index is 1.86. The Morgan fingerprint density at radius 1 is 1.00 bits per heavy atom. The second-order valence-corrected chi connectivity index (χ2v) is 5.01. The molecule has 0 radical (unpaired) electrons. The zero-order valence-corrected chi connectivity index (χ0v) is 12.7. The number of carbonyl (C=O) groups is 1. The van der Waals surface area contributed by atoms with Gasteiger partial charge in [-0.3, -0.25) is 0 Å². The van der Waals surface area contributed by atoms with Gasteiger partial charge in [0.05, 0.1) is 0 Å². The SMILES string of the molecule is C=CCN(CCc1ccccc1)C(=O)OCc1ccccc1. The van der Waals surface area contributed by atoms with Crippen LogP contribution in [0.4, 0.5) is 4.79 Å². The first-order valence-corrected chi connectivity index (χ1v) is 7.40. The first-order valence-electron chi connectivity index (χ1n) is 7.40. The van der Waals surface area contributed by atoms with E-state index in [-0.39, 0.29) is 6.09 Å². The molecule has 0 fully saturated rings. The number of carbonyl (C=O) groups excluding carboxylic acids is 1. The number of hydrogen-bond acceptors (Lipinski definition) is 2. The molecule has 3 heteroatoms. The van der Waals surface area contributed by atoms with Crippen molar-refractivity contribution in [3.05, 3.63) is 84.4 Å². The predicted octanol–water partition coefficient (Wildman–Crippen LogP) is 4.05. The smallest absolute Gasteiger partial charge is 0.410 e. The van der Waals surface area contributed by atoms with Crippen LogP contribution < -0.4 is 0 Å². The molecule has 0 saturated carbocycles. The van der Waals surface area contributed by atoms with Gasteiger partial charge in [0, 0.05) is 13.1 Å². The summed E-state index contributed by atoms with van der Waals surface area (Å²) in [5.74, 6) is 0. The van der Waals surface area contributed by atoms with E-state index in [0.29, 0.717) is 19.7 Å². The first kappa shape index (κ1) is 15.8. The minimum atomic E-state index is -0.306. The highest BCUT2D eigenvalue weighted by atomic mass is 16.6. The van der Waals surface area contributed by atoms with E-state index >= 15 is 0 Å². The predicted molar refractivity (Wildman–Crippen MR) is 88.5 cm³/mol. The quantitative estimate of drug-likeness (QED) is 0.721. The van der Waals surface area contributed by atoms with E-state index in [1.165, 1.54) is 5.56 Å². The van der Waals surface area contributed by atoms with Gasteiger partial charge in [0.15, 0.2) is 0 Å². The van der Waals surface area contributed by atoms with Crippen LogP contribution in [0.15, 0.2) is 73.3 Å². The van der Waals surface area contributed by atoms with Gasteiger partial charge < -0.3 is 9.64 Å². The molecule has 1 amide bonds. The van der Waals surface area contributed by atoms with Crippen molar-refractivity contribution in [2.75, 3.05) is 13.1 Å². The summed E-state index contributed by atoms with van der Waals surface area (Å²) in [6, 6.07) is 19.8. The average Bonchev–Trinajstić information content (AvgIpc) is 2.58. The van der Waals surface area contributed by atoms with Gasteiger partial charge in [0.1, 0.15) is 6.61 Å². The molecule has 22 heavy (non-hydrogen) atoms. The van der Waals surface area contributed by atoms with E-state index in [9.17, 15) is 4.79 Å². The Hall–Kier alpha value is -2.55. The summed E-state index contributed by atoms with van der Waals surface area (Å²) in [5, 5.41) is 0. The zero-order chi connectivity index (χ0) is 15.6. The molecular formula is C19H21NO2. The summed E-state index contributed by atoms with van der Waals surface area (Å²) in [4.78, 5) is 13.9. The van der Waals surface area contributed by atoms with Crippen molar-refractivity contribution >= 4 is 6.09 Å². The van der Waals surface area contributed by atoms with Gasteiger partial charge in [0.25, 0.3) is 0 Å². The van der Waals surface area contributed by atoms with Crippen molar-refractivity contribution in [3.63, 3.8) is 0 Å². The van der Waals surface area contributed by atoms with Gasteiger partial charge in [-0.2, -0.15) is 0 Å². The van der Waals surface area contributed by atoms with Crippen LogP contribution in [0.25, 0.3) is 0 Å². The molecule has 0 aromatic heterocycles. The van der Waals surface area contributed by atoms with Crippen molar-refractivity contribution in [2.24, 2.45) is 0 Å². The molecule has 2 aromatic carbocycles. The molecule has 0 N–H and O–H groups in total. The average molecular weight is 295 g/mol. The Bertz CT molecular complexity index is 581. The van der Waals surface area contributed by atoms with Crippen molar-refractivity contribution in [1.29, 1.82) is 0 Å². The maximum atomic E-state index is 12.2. The standard InChI is InChI=1S/C19H21NO2/c1-2-14-20(15-13-17-9-5-3-6-10-17)19(21)22-16-18-11-7-4-8-12-18/h2-12H,1,13-16H2. The number of hydrogen-bond donors (Lipinski definition) is 0. The summed E-state index contributed by atoms with van der Waals surface area (Å²) < 4.78 is 5.37. The van der Waals surface area contributed by atoms with E-state index in [1.54, 1.807) is 11.0 Å². The third-order valence-electron chi connectivity index (χ3n) is 3.33. The summed E-state index contributed by atoms with van der Waals surface area (Å²) >= 11 is 0. The highest BCUT2D eigenvalue weighted by molar-refractivity contribution is 5.67. The van der Waals surface area contributed by atoms with Gasteiger partial charge >= 0.3 is 6.09 Å². The van der Waals surface area contributed by atoms with Crippen LogP contribution >= 0.6 is 0 Å². The Kier molecular flexibility index (Phi) is 6.24. The molecule has 0 aliphatic carbocycles. The molecule has 0 heterocycles. The number of benzene rings is 2. The Morgan fingerprint density at radius 2 is 1.59 bits per heavy atom. The second kappa shape index (κ2) is 8.67. The highest BCUT2D eigenvalue weighted by Gasteiger charge is 2.13. The fourth-order valence-corrected chi connectivity index (χ4v) is 2.13. The van der Waals surface area contributed by atoms with Crippen LogP contribution in [0.1, 0.15) is 11.1 Å². The van der Waals surface area contributed by atoms with Gasteiger partial charge in [-0.05, 0) is 17.5 Å². The van der Waals surface area contributed by atoms with Crippen LogP contribution in [-0.4, -0.2) is 24.1 Å². The molecule has 3 nitrogen and oxygen atoms in total. The molecule has 0 unspecified atom stereocenters. The van der Waals surface area contributed by atoms with Gasteiger partial charge in [-0.25, -0.2) is 4.79 Å². The topological polar surface area (TPSA) is 29.5 Å². The fraction of sp³-hybridized carbons (Fsp3) is 0.211. The van der Waals surface area contributed by atoms with E-state index in [4.69, 9.17) is 4.74 Å². The maximum absolute atomic E-state index is 12.2. The lowest BCUT2D eigenvalue weighted by molar-refractivity contribution is 0.100. The van der Waals surface area contributed by atoms with Crippen LogP contribution in [0.3, 0.4) is 0 Å². The van der Waals surface area contributed by atoms with Crippen LogP contribution in [0.5, 0.6) is 0 Å². The monoisotopic (exact) mass is 295 g/mol. The molecule has 2 rings (SSSR count). The van der Waals surface area contributed by atoms with Crippen LogP contribution in [0, 0.1) is 0 Å². The van der Waals surface area contributed by atoms with Crippen molar-refractivity contribution in [1.82, 2.24) is 4.90 Å². The number of amides is 1. The number of rotatable bonds is 7. The minimum absolute atomic E-state index is 0.290. The maximum Gasteiger partial charge on any atom is 0.410 e.